The van der Waals surface area contributed by atoms with Crippen LogP contribution in [0.3, 0.4) is 0 Å². The lowest BCUT2D eigenvalue weighted by Gasteiger charge is -2.13. The lowest BCUT2D eigenvalue weighted by Crippen LogP contribution is -2.17. The number of rotatable bonds is 2. The smallest absolute Gasteiger partial charge is 0.274 e. The first kappa shape index (κ1) is 15.7. The Morgan fingerprint density at radius 2 is 1.78 bits per heavy atom. The molecule has 3 rings (SSSR count). The number of aromatic nitrogens is 2. The standard InChI is InChI=1S/C18H18BrN3O/c1-10-7-11(2)16(12(3)8-10)21-18(23)17-13(4)20-15-6-5-14(19)9-22(15)17/h5-9H,1-4H3,(H,21,23). The van der Waals surface area contributed by atoms with Gasteiger partial charge in [0.25, 0.3) is 5.91 Å². The SMILES string of the molecule is Cc1cc(C)c(NC(=O)c2c(C)nc3ccc(Br)cn23)c(C)c1. The predicted octanol–water partition coefficient (Wildman–Crippen LogP) is 4.58. The number of anilines is 1. The van der Waals surface area contributed by atoms with Gasteiger partial charge in [-0.05, 0) is 66.9 Å². The quantitative estimate of drug-likeness (QED) is 0.716. The van der Waals surface area contributed by atoms with Gasteiger partial charge >= 0.3 is 0 Å². The number of hydrogen-bond donors (Lipinski definition) is 1. The number of halogens is 1. The van der Waals surface area contributed by atoms with Gasteiger partial charge in [-0.2, -0.15) is 0 Å². The molecular weight excluding hydrogens is 354 g/mol. The number of imidazole rings is 1. The average molecular weight is 372 g/mol. The van der Waals surface area contributed by atoms with Crippen LogP contribution >= 0.6 is 15.9 Å². The second-order valence-electron chi connectivity index (χ2n) is 5.85. The number of pyridine rings is 1. The molecular formula is C18H18BrN3O. The molecule has 0 radical (unpaired) electrons. The maximum Gasteiger partial charge on any atom is 0.274 e. The number of nitrogens with zero attached hydrogens (tertiary/aromatic N) is 2. The summed E-state index contributed by atoms with van der Waals surface area (Å²) in [6.45, 7) is 7.92. The summed E-state index contributed by atoms with van der Waals surface area (Å²) in [6.07, 6.45) is 1.86. The fourth-order valence-corrected chi connectivity index (χ4v) is 3.30. The van der Waals surface area contributed by atoms with Crippen molar-refractivity contribution in [3.05, 3.63) is 63.0 Å². The van der Waals surface area contributed by atoms with Gasteiger partial charge in [0.05, 0.1) is 5.69 Å². The number of amides is 1. The number of fused-ring (bicyclic) bond motifs is 1. The minimum absolute atomic E-state index is 0.150. The Hall–Kier alpha value is -2.14. The first-order chi connectivity index (χ1) is 10.9. The summed E-state index contributed by atoms with van der Waals surface area (Å²) in [5, 5.41) is 3.05. The molecule has 118 valence electrons. The average Bonchev–Trinajstić information content (AvgIpc) is 2.77. The first-order valence-electron chi connectivity index (χ1n) is 7.40. The predicted molar refractivity (Wildman–Crippen MR) is 96.2 cm³/mol. The van der Waals surface area contributed by atoms with E-state index in [2.05, 4.69) is 45.3 Å². The molecule has 0 bridgehead atoms. The molecule has 5 heteroatoms. The third-order valence-corrected chi connectivity index (χ3v) is 4.36. The van der Waals surface area contributed by atoms with E-state index in [1.165, 1.54) is 5.56 Å². The fraction of sp³-hybridized carbons (Fsp3) is 0.222. The third kappa shape index (κ3) is 2.88. The Balaban J connectivity index is 2.05. The highest BCUT2D eigenvalue weighted by molar-refractivity contribution is 9.10. The molecule has 2 heterocycles. The molecule has 1 N–H and O–H groups in total. The third-order valence-electron chi connectivity index (χ3n) is 3.89. The normalized spacial score (nSPS) is 11.0. The van der Waals surface area contributed by atoms with Gasteiger partial charge < -0.3 is 5.32 Å². The molecule has 2 aromatic heterocycles. The van der Waals surface area contributed by atoms with Crippen LogP contribution in [0.25, 0.3) is 5.65 Å². The van der Waals surface area contributed by atoms with E-state index in [1.54, 1.807) is 0 Å². The van der Waals surface area contributed by atoms with Gasteiger partial charge in [-0.15, -0.1) is 0 Å². The molecule has 0 fully saturated rings. The molecule has 23 heavy (non-hydrogen) atoms. The van der Waals surface area contributed by atoms with Crippen LogP contribution in [0.1, 0.15) is 32.9 Å². The summed E-state index contributed by atoms with van der Waals surface area (Å²) in [5.41, 5.74) is 6.20. The Bertz CT molecular complexity index is 904. The minimum Gasteiger partial charge on any atom is -0.320 e. The zero-order valence-corrected chi connectivity index (χ0v) is 15.2. The summed E-state index contributed by atoms with van der Waals surface area (Å²) in [4.78, 5) is 17.3. The topological polar surface area (TPSA) is 46.4 Å². The number of carbonyl (C=O) groups excluding carboxylic acids is 1. The highest BCUT2D eigenvalue weighted by Crippen LogP contribution is 2.24. The molecule has 0 saturated carbocycles. The summed E-state index contributed by atoms with van der Waals surface area (Å²) in [6, 6.07) is 7.94. The van der Waals surface area contributed by atoms with E-state index in [0.29, 0.717) is 11.4 Å². The van der Waals surface area contributed by atoms with Crippen LogP contribution in [0.4, 0.5) is 5.69 Å². The van der Waals surface area contributed by atoms with Crippen LogP contribution in [0.2, 0.25) is 0 Å². The van der Waals surface area contributed by atoms with Crippen LogP contribution in [-0.2, 0) is 0 Å². The molecule has 0 aliphatic heterocycles. The molecule has 0 aliphatic carbocycles. The molecule has 1 amide bonds. The van der Waals surface area contributed by atoms with E-state index in [4.69, 9.17) is 0 Å². The zero-order chi connectivity index (χ0) is 16.7. The number of hydrogen-bond acceptors (Lipinski definition) is 2. The second-order valence-corrected chi connectivity index (χ2v) is 6.76. The first-order valence-corrected chi connectivity index (χ1v) is 8.19. The minimum atomic E-state index is -0.150. The fourth-order valence-electron chi connectivity index (χ4n) is 2.96. The van der Waals surface area contributed by atoms with Gasteiger partial charge in [-0.3, -0.25) is 9.20 Å². The van der Waals surface area contributed by atoms with E-state index >= 15 is 0 Å². The van der Waals surface area contributed by atoms with Gasteiger partial charge in [0.2, 0.25) is 0 Å². The van der Waals surface area contributed by atoms with Gasteiger partial charge in [0.1, 0.15) is 11.3 Å². The molecule has 0 saturated heterocycles. The summed E-state index contributed by atoms with van der Waals surface area (Å²) in [5.74, 6) is -0.150. The van der Waals surface area contributed by atoms with Crippen molar-refractivity contribution in [3.63, 3.8) is 0 Å². The number of aryl methyl sites for hydroxylation is 4. The van der Waals surface area contributed by atoms with E-state index in [0.717, 1.165) is 26.9 Å². The Morgan fingerprint density at radius 1 is 1.13 bits per heavy atom. The molecule has 4 nitrogen and oxygen atoms in total. The molecule has 0 spiro atoms. The van der Waals surface area contributed by atoms with Crippen LogP contribution in [0.15, 0.2) is 34.9 Å². The number of benzene rings is 1. The number of carbonyl (C=O) groups is 1. The van der Waals surface area contributed by atoms with E-state index < -0.39 is 0 Å². The maximum atomic E-state index is 12.8. The zero-order valence-electron chi connectivity index (χ0n) is 13.6. The Morgan fingerprint density at radius 3 is 2.43 bits per heavy atom. The summed E-state index contributed by atoms with van der Waals surface area (Å²) in [7, 11) is 0. The highest BCUT2D eigenvalue weighted by Gasteiger charge is 2.18. The molecule has 0 unspecified atom stereocenters. The van der Waals surface area contributed by atoms with Gasteiger partial charge in [0, 0.05) is 16.4 Å². The van der Waals surface area contributed by atoms with Gasteiger partial charge in [-0.25, -0.2) is 4.98 Å². The van der Waals surface area contributed by atoms with Crippen LogP contribution < -0.4 is 5.32 Å². The van der Waals surface area contributed by atoms with Crippen molar-refractivity contribution in [1.29, 1.82) is 0 Å². The van der Waals surface area contributed by atoms with Crippen molar-refractivity contribution in [2.24, 2.45) is 0 Å². The van der Waals surface area contributed by atoms with Crippen molar-refractivity contribution < 1.29 is 4.79 Å². The van der Waals surface area contributed by atoms with Crippen molar-refractivity contribution in [1.82, 2.24) is 9.38 Å². The van der Waals surface area contributed by atoms with Gasteiger partial charge in [0.15, 0.2) is 0 Å². The lowest BCUT2D eigenvalue weighted by atomic mass is 10.0. The van der Waals surface area contributed by atoms with Crippen molar-refractivity contribution >= 4 is 33.2 Å². The second kappa shape index (κ2) is 5.81. The molecule has 1 aromatic carbocycles. The summed E-state index contributed by atoms with van der Waals surface area (Å²) >= 11 is 3.44. The van der Waals surface area contributed by atoms with Crippen molar-refractivity contribution in [3.8, 4) is 0 Å². The van der Waals surface area contributed by atoms with Crippen molar-refractivity contribution in [2.45, 2.75) is 27.7 Å². The Kier molecular flexibility index (Phi) is 3.98. The monoisotopic (exact) mass is 371 g/mol. The Labute approximate surface area is 143 Å². The summed E-state index contributed by atoms with van der Waals surface area (Å²) < 4.78 is 2.72. The van der Waals surface area contributed by atoms with Gasteiger partial charge in [-0.1, -0.05) is 17.7 Å². The number of nitrogens with one attached hydrogen (secondary N) is 1. The molecule has 3 aromatic rings. The van der Waals surface area contributed by atoms with E-state index in [9.17, 15) is 4.79 Å². The van der Waals surface area contributed by atoms with Crippen LogP contribution in [-0.4, -0.2) is 15.3 Å². The van der Waals surface area contributed by atoms with E-state index in [1.807, 2.05) is 43.5 Å². The van der Waals surface area contributed by atoms with E-state index in [-0.39, 0.29) is 5.91 Å². The maximum absolute atomic E-state index is 12.8. The molecule has 0 atom stereocenters. The lowest BCUT2D eigenvalue weighted by molar-refractivity contribution is 0.102. The van der Waals surface area contributed by atoms with Crippen molar-refractivity contribution in [2.75, 3.05) is 5.32 Å². The van der Waals surface area contributed by atoms with Crippen LogP contribution in [0, 0.1) is 27.7 Å². The highest BCUT2D eigenvalue weighted by atomic mass is 79.9. The largest absolute Gasteiger partial charge is 0.320 e. The molecule has 0 aliphatic rings. The van der Waals surface area contributed by atoms with Crippen LogP contribution in [0.5, 0.6) is 0 Å².